The van der Waals surface area contributed by atoms with Crippen molar-refractivity contribution < 1.29 is 17.9 Å². The van der Waals surface area contributed by atoms with Gasteiger partial charge in [0.15, 0.2) is 9.84 Å². The molecule has 2 heterocycles. The number of carbonyl (C=O) groups is 1. The van der Waals surface area contributed by atoms with Crippen molar-refractivity contribution in [2.45, 2.75) is 44.1 Å². The Hall–Kier alpha value is -0.880. The molecule has 0 radical (unpaired) electrons. The van der Waals surface area contributed by atoms with Crippen LogP contribution in [0.25, 0.3) is 0 Å². The SMILES string of the molecule is O=C(C1CCC=CCC1)N1CCOC2(CCS(=O)(=O)CC2)C1. The summed E-state index contributed by atoms with van der Waals surface area (Å²) in [6.07, 6.45) is 9.17. The average molecular weight is 327 g/mol. The van der Waals surface area contributed by atoms with Gasteiger partial charge in [0, 0.05) is 19.0 Å². The quantitative estimate of drug-likeness (QED) is 0.685. The zero-order valence-electron chi connectivity index (χ0n) is 13.0. The van der Waals surface area contributed by atoms with Gasteiger partial charge in [-0.1, -0.05) is 12.2 Å². The number of morpholine rings is 1. The molecule has 0 aromatic heterocycles. The Morgan fingerprint density at radius 3 is 2.41 bits per heavy atom. The molecule has 5 nitrogen and oxygen atoms in total. The second-order valence-electron chi connectivity index (χ2n) is 6.77. The molecule has 3 aliphatic rings. The van der Waals surface area contributed by atoms with E-state index >= 15 is 0 Å². The van der Waals surface area contributed by atoms with Gasteiger partial charge in [0.1, 0.15) is 0 Å². The van der Waals surface area contributed by atoms with Gasteiger partial charge in [-0.3, -0.25) is 4.79 Å². The van der Waals surface area contributed by atoms with E-state index in [4.69, 9.17) is 4.74 Å². The molecule has 2 aliphatic heterocycles. The van der Waals surface area contributed by atoms with Gasteiger partial charge in [0.25, 0.3) is 0 Å². The van der Waals surface area contributed by atoms with Gasteiger partial charge in [-0.25, -0.2) is 8.42 Å². The van der Waals surface area contributed by atoms with E-state index in [1.807, 2.05) is 4.90 Å². The normalized spacial score (nSPS) is 28.5. The number of hydrogen-bond acceptors (Lipinski definition) is 4. The Morgan fingerprint density at radius 2 is 1.77 bits per heavy atom. The van der Waals surface area contributed by atoms with Crippen LogP contribution in [-0.4, -0.2) is 56.0 Å². The first-order valence-electron chi connectivity index (χ1n) is 8.28. The Balaban J connectivity index is 1.64. The summed E-state index contributed by atoms with van der Waals surface area (Å²) in [6, 6.07) is 0. The van der Waals surface area contributed by atoms with E-state index in [1.165, 1.54) is 0 Å². The van der Waals surface area contributed by atoms with Crippen LogP contribution in [0.15, 0.2) is 12.2 Å². The Labute approximate surface area is 132 Å². The van der Waals surface area contributed by atoms with Crippen molar-refractivity contribution in [2.24, 2.45) is 5.92 Å². The summed E-state index contributed by atoms with van der Waals surface area (Å²) in [6.45, 7) is 1.72. The molecule has 1 spiro atoms. The van der Waals surface area contributed by atoms with Crippen LogP contribution in [0, 0.1) is 5.92 Å². The van der Waals surface area contributed by atoms with Crippen LogP contribution < -0.4 is 0 Å². The van der Waals surface area contributed by atoms with Crippen LogP contribution in [0.5, 0.6) is 0 Å². The predicted octanol–water partition coefficient (Wildman–Crippen LogP) is 1.54. The van der Waals surface area contributed by atoms with Crippen LogP contribution in [0.1, 0.15) is 38.5 Å². The summed E-state index contributed by atoms with van der Waals surface area (Å²) >= 11 is 0. The van der Waals surface area contributed by atoms with E-state index in [9.17, 15) is 13.2 Å². The fraction of sp³-hybridized carbons (Fsp3) is 0.812. The van der Waals surface area contributed by atoms with E-state index in [0.29, 0.717) is 32.5 Å². The smallest absolute Gasteiger partial charge is 0.225 e. The summed E-state index contributed by atoms with van der Waals surface area (Å²) in [5, 5.41) is 0. The molecule has 3 rings (SSSR count). The number of hydrogen-bond donors (Lipinski definition) is 0. The van der Waals surface area contributed by atoms with Crippen molar-refractivity contribution in [3.05, 3.63) is 12.2 Å². The van der Waals surface area contributed by atoms with Crippen LogP contribution >= 0.6 is 0 Å². The highest BCUT2D eigenvalue weighted by Crippen LogP contribution is 2.32. The lowest BCUT2D eigenvalue weighted by molar-refractivity contribution is -0.156. The zero-order valence-corrected chi connectivity index (χ0v) is 13.8. The van der Waals surface area contributed by atoms with Crippen molar-refractivity contribution in [1.29, 1.82) is 0 Å². The number of ether oxygens (including phenoxy) is 1. The standard InChI is InChI=1S/C16H25NO4S/c18-15(14-5-3-1-2-4-6-14)17-9-10-21-16(13-17)7-11-22(19,20)12-8-16/h1-2,14H,3-13H2. The summed E-state index contributed by atoms with van der Waals surface area (Å²) < 4.78 is 29.2. The third-order valence-electron chi connectivity index (χ3n) is 5.18. The van der Waals surface area contributed by atoms with Gasteiger partial charge in [0.2, 0.25) is 5.91 Å². The lowest BCUT2D eigenvalue weighted by Crippen LogP contribution is -2.57. The maximum absolute atomic E-state index is 12.8. The van der Waals surface area contributed by atoms with Gasteiger partial charge in [-0.15, -0.1) is 0 Å². The molecule has 0 atom stereocenters. The zero-order chi connectivity index (χ0) is 15.6. The highest BCUT2D eigenvalue weighted by atomic mass is 32.2. The van der Waals surface area contributed by atoms with Crippen LogP contribution in [-0.2, 0) is 19.4 Å². The monoisotopic (exact) mass is 327 g/mol. The van der Waals surface area contributed by atoms with E-state index in [2.05, 4.69) is 12.2 Å². The first kappa shape index (κ1) is 16.0. The van der Waals surface area contributed by atoms with Gasteiger partial charge in [-0.2, -0.15) is 0 Å². The molecular weight excluding hydrogens is 302 g/mol. The molecule has 2 saturated heterocycles. The van der Waals surface area contributed by atoms with Gasteiger partial charge >= 0.3 is 0 Å². The molecule has 6 heteroatoms. The third kappa shape index (κ3) is 3.54. The van der Waals surface area contributed by atoms with Gasteiger partial charge in [0.05, 0.1) is 23.7 Å². The molecule has 0 saturated carbocycles. The fourth-order valence-electron chi connectivity index (χ4n) is 3.73. The van der Waals surface area contributed by atoms with Gasteiger partial charge in [-0.05, 0) is 38.5 Å². The number of carbonyl (C=O) groups excluding carboxylic acids is 1. The van der Waals surface area contributed by atoms with Crippen molar-refractivity contribution in [3.63, 3.8) is 0 Å². The molecule has 1 aliphatic carbocycles. The van der Waals surface area contributed by atoms with E-state index in [0.717, 1.165) is 25.7 Å². The fourth-order valence-corrected chi connectivity index (χ4v) is 5.30. The Bertz CT molecular complexity index is 530. The highest BCUT2D eigenvalue weighted by molar-refractivity contribution is 7.91. The van der Waals surface area contributed by atoms with Crippen molar-refractivity contribution in [1.82, 2.24) is 4.90 Å². The minimum Gasteiger partial charge on any atom is -0.371 e. The van der Waals surface area contributed by atoms with E-state index in [-0.39, 0.29) is 23.3 Å². The first-order chi connectivity index (χ1) is 10.5. The van der Waals surface area contributed by atoms with E-state index in [1.54, 1.807) is 0 Å². The second kappa shape index (κ2) is 6.32. The van der Waals surface area contributed by atoms with Crippen molar-refractivity contribution in [2.75, 3.05) is 31.2 Å². The largest absolute Gasteiger partial charge is 0.371 e. The second-order valence-corrected chi connectivity index (χ2v) is 9.07. The van der Waals surface area contributed by atoms with Crippen LogP contribution in [0.4, 0.5) is 0 Å². The number of rotatable bonds is 1. The summed E-state index contributed by atoms with van der Waals surface area (Å²) in [7, 11) is -2.91. The Morgan fingerprint density at radius 1 is 1.14 bits per heavy atom. The minimum absolute atomic E-state index is 0.109. The molecule has 124 valence electrons. The first-order valence-corrected chi connectivity index (χ1v) is 10.1. The topological polar surface area (TPSA) is 63.7 Å². The number of nitrogens with zero attached hydrogens (tertiary/aromatic N) is 1. The maximum Gasteiger partial charge on any atom is 0.225 e. The highest BCUT2D eigenvalue weighted by Gasteiger charge is 2.43. The predicted molar refractivity (Wildman–Crippen MR) is 84.2 cm³/mol. The molecule has 22 heavy (non-hydrogen) atoms. The number of allylic oxidation sites excluding steroid dienone is 2. The molecule has 2 fully saturated rings. The van der Waals surface area contributed by atoms with Crippen LogP contribution in [0.3, 0.4) is 0 Å². The van der Waals surface area contributed by atoms with E-state index < -0.39 is 15.4 Å². The summed E-state index contributed by atoms with van der Waals surface area (Å²) in [4.78, 5) is 14.7. The van der Waals surface area contributed by atoms with Gasteiger partial charge < -0.3 is 9.64 Å². The molecular formula is C16H25NO4S. The lowest BCUT2D eigenvalue weighted by Gasteiger charge is -2.45. The summed E-state index contributed by atoms with van der Waals surface area (Å²) in [5.74, 6) is 0.711. The number of amides is 1. The van der Waals surface area contributed by atoms with Crippen molar-refractivity contribution >= 4 is 15.7 Å². The molecule has 0 aromatic carbocycles. The molecule has 0 unspecified atom stereocenters. The number of sulfone groups is 1. The van der Waals surface area contributed by atoms with Crippen molar-refractivity contribution in [3.8, 4) is 0 Å². The maximum atomic E-state index is 12.8. The lowest BCUT2D eigenvalue weighted by atomic mass is 9.92. The third-order valence-corrected chi connectivity index (χ3v) is 6.83. The molecule has 0 aromatic rings. The summed E-state index contributed by atoms with van der Waals surface area (Å²) in [5.41, 5.74) is -0.428. The van der Waals surface area contributed by atoms with Crippen LogP contribution in [0.2, 0.25) is 0 Å². The molecule has 0 bridgehead atoms. The Kier molecular flexibility index (Phi) is 4.59. The minimum atomic E-state index is -2.91. The molecule has 1 amide bonds. The molecule has 0 N–H and O–H groups in total. The average Bonchev–Trinajstić information content (AvgIpc) is 2.80.